The molecule has 0 aliphatic heterocycles. The highest BCUT2D eigenvalue weighted by atomic mass is 32.2. The Morgan fingerprint density at radius 1 is 1.06 bits per heavy atom. The first-order valence-electron chi connectivity index (χ1n) is 10.4. The van der Waals surface area contributed by atoms with Crippen LogP contribution in [0.25, 0.3) is 0 Å². The SMILES string of the molecule is COc1ccc(S(=O)(=O)N(CCc2ccccc2)CC(=O)Nc2cccc([N+](=O)[O-])c2)cc1C. The fourth-order valence-corrected chi connectivity index (χ4v) is 4.88. The van der Waals surface area contributed by atoms with E-state index in [0.717, 1.165) is 9.87 Å². The molecule has 0 heterocycles. The first-order chi connectivity index (χ1) is 16.2. The maximum atomic E-state index is 13.5. The fourth-order valence-electron chi connectivity index (χ4n) is 3.40. The summed E-state index contributed by atoms with van der Waals surface area (Å²) in [4.78, 5) is 23.2. The van der Waals surface area contributed by atoms with E-state index in [1.165, 1.54) is 43.5 Å². The molecular weight excluding hydrogens is 458 g/mol. The summed E-state index contributed by atoms with van der Waals surface area (Å²) in [5, 5.41) is 13.5. The number of anilines is 1. The van der Waals surface area contributed by atoms with Crippen molar-refractivity contribution in [2.45, 2.75) is 18.2 Å². The lowest BCUT2D eigenvalue weighted by molar-refractivity contribution is -0.384. The van der Waals surface area contributed by atoms with Crippen molar-refractivity contribution in [2.24, 2.45) is 0 Å². The standard InChI is InChI=1S/C24H25N3O6S/c1-18-15-22(11-12-23(18)33-2)34(31,32)26(14-13-19-7-4-3-5-8-19)17-24(28)25-20-9-6-10-21(16-20)27(29)30/h3-12,15-16H,13-14,17H2,1-2H3,(H,25,28). The second kappa shape index (κ2) is 10.9. The van der Waals surface area contributed by atoms with E-state index in [9.17, 15) is 23.3 Å². The van der Waals surface area contributed by atoms with Crippen LogP contribution in [0.2, 0.25) is 0 Å². The average Bonchev–Trinajstić information content (AvgIpc) is 2.82. The van der Waals surface area contributed by atoms with Gasteiger partial charge in [-0.2, -0.15) is 4.31 Å². The predicted octanol–water partition coefficient (Wildman–Crippen LogP) is 3.78. The number of carbonyl (C=O) groups excluding carboxylic acids is 1. The Hall–Kier alpha value is -3.76. The Morgan fingerprint density at radius 2 is 1.79 bits per heavy atom. The number of hydrogen-bond donors (Lipinski definition) is 1. The lowest BCUT2D eigenvalue weighted by Gasteiger charge is -2.22. The zero-order valence-electron chi connectivity index (χ0n) is 18.8. The van der Waals surface area contributed by atoms with E-state index in [-0.39, 0.29) is 22.8 Å². The number of aryl methyl sites for hydroxylation is 1. The third kappa shape index (κ3) is 6.18. The molecule has 0 saturated carbocycles. The number of nitrogens with zero attached hydrogens (tertiary/aromatic N) is 2. The molecule has 0 aliphatic rings. The van der Waals surface area contributed by atoms with Crippen molar-refractivity contribution in [3.63, 3.8) is 0 Å². The number of amides is 1. The van der Waals surface area contributed by atoms with Crippen LogP contribution in [0.4, 0.5) is 11.4 Å². The topological polar surface area (TPSA) is 119 Å². The molecule has 0 atom stereocenters. The zero-order valence-corrected chi connectivity index (χ0v) is 19.6. The molecule has 3 aromatic carbocycles. The molecule has 0 fully saturated rings. The molecule has 0 spiro atoms. The van der Waals surface area contributed by atoms with E-state index < -0.39 is 27.4 Å². The summed E-state index contributed by atoms with van der Waals surface area (Å²) in [5.41, 5.74) is 1.60. The number of nitro groups is 1. The third-order valence-electron chi connectivity index (χ3n) is 5.16. The van der Waals surface area contributed by atoms with E-state index >= 15 is 0 Å². The Bertz CT molecular complexity index is 1280. The van der Waals surface area contributed by atoms with Crippen molar-refractivity contribution in [3.8, 4) is 5.75 Å². The molecule has 1 amide bonds. The summed E-state index contributed by atoms with van der Waals surface area (Å²) < 4.78 is 33.2. The average molecular weight is 484 g/mol. The van der Waals surface area contributed by atoms with Crippen LogP contribution in [0.3, 0.4) is 0 Å². The molecule has 10 heteroatoms. The van der Waals surface area contributed by atoms with Gasteiger partial charge in [0.2, 0.25) is 15.9 Å². The van der Waals surface area contributed by atoms with Gasteiger partial charge in [-0.15, -0.1) is 0 Å². The number of nitro benzene ring substituents is 1. The van der Waals surface area contributed by atoms with Crippen molar-refractivity contribution in [2.75, 3.05) is 25.5 Å². The van der Waals surface area contributed by atoms with Gasteiger partial charge in [-0.3, -0.25) is 14.9 Å². The van der Waals surface area contributed by atoms with Crippen molar-refractivity contribution in [1.29, 1.82) is 0 Å². The predicted molar refractivity (Wildman–Crippen MR) is 128 cm³/mol. The molecule has 0 bridgehead atoms. The zero-order chi connectivity index (χ0) is 24.7. The molecule has 0 aromatic heterocycles. The largest absolute Gasteiger partial charge is 0.496 e. The molecule has 178 valence electrons. The lowest BCUT2D eigenvalue weighted by atomic mass is 10.1. The summed E-state index contributed by atoms with van der Waals surface area (Å²) in [6, 6.07) is 19.3. The van der Waals surface area contributed by atoms with Crippen LogP contribution in [0.15, 0.2) is 77.7 Å². The van der Waals surface area contributed by atoms with Gasteiger partial charge in [-0.25, -0.2) is 8.42 Å². The van der Waals surface area contributed by atoms with Crippen molar-refractivity contribution >= 4 is 27.3 Å². The normalized spacial score (nSPS) is 11.3. The summed E-state index contributed by atoms with van der Waals surface area (Å²) in [5.74, 6) is -0.0550. The minimum absolute atomic E-state index is 0.0435. The maximum absolute atomic E-state index is 13.5. The van der Waals surface area contributed by atoms with E-state index in [4.69, 9.17) is 4.74 Å². The van der Waals surface area contributed by atoms with Gasteiger partial charge in [0.25, 0.3) is 5.69 Å². The Balaban J connectivity index is 1.85. The van der Waals surface area contributed by atoms with E-state index in [1.807, 2.05) is 30.3 Å². The minimum atomic E-state index is -4.02. The van der Waals surface area contributed by atoms with Crippen LogP contribution >= 0.6 is 0 Å². The fraction of sp³-hybridized carbons (Fsp3) is 0.208. The van der Waals surface area contributed by atoms with Gasteiger partial charge < -0.3 is 10.1 Å². The smallest absolute Gasteiger partial charge is 0.271 e. The van der Waals surface area contributed by atoms with Crippen LogP contribution < -0.4 is 10.1 Å². The van der Waals surface area contributed by atoms with Crippen molar-refractivity contribution in [3.05, 3.63) is 94.0 Å². The van der Waals surface area contributed by atoms with Gasteiger partial charge in [-0.05, 0) is 48.7 Å². The summed E-state index contributed by atoms with van der Waals surface area (Å²) in [6.07, 6.45) is 0.402. The van der Waals surface area contributed by atoms with E-state index in [0.29, 0.717) is 17.7 Å². The van der Waals surface area contributed by atoms with Crippen LogP contribution in [0, 0.1) is 17.0 Å². The maximum Gasteiger partial charge on any atom is 0.271 e. The monoisotopic (exact) mass is 483 g/mol. The first-order valence-corrected chi connectivity index (χ1v) is 11.9. The summed E-state index contributed by atoms with van der Waals surface area (Å²) in [6.45, 7) is 1.35. The second-order valence-corrected chi connectivity index (χ2v) is 9.50. The van der Waals surface area contributed by atoms with Gasteiger partial charge in [0, 0.05) is 24.4 Å². The van der Waals surface area contributed by atoms with E-state index in [1.54, 1.807) is 13.0 Å². The molecule has 34 heavy (non-hydrogen) atoms. The minimum Gasteiger partial charge on any atom is -0.496 e. The Kier molecular flexibility index (Phi) is 7.98. The molecular formula is C24H25N3O6S. The second-order valence-electron chi connectivity index (χ2n) is 7.56. The number of rotatable bonds is 10. The third-order valence-corrected chi connectivity index (χ3v) is 7.00. The lowest BCUT2D eigenvalue weighted by Crippen LogP contribution is -2.39. The van der Waals surface area contributed by atoms with Gasteiger partial charge >= 0.3 is 0 Å². The number of sulfonamides is 1. The molecule has 0 aliphatic carbocycles. The number of non-ortho nitro benzene ring substituents is 1. The first kappa shape index (κ1) is 24.9. The Morgan fingerprint density at radius 3 is 2.44 bits per heavy atom. The number of methoxy groups -OCH3 is 1. The Labute approximate surface area is 198 Å². The number of nitrogens with one attached hydrogen (secondary N) is 1. The molecule has 0 saturated heterocycles. The van der Waals surface area contributed by atoms with Gasteiger partial charge in [0.15, 0.2) is 0 Å². The summed E-state index contributed by atoms with van der Waals surface area (Å²) in [7, 11) is -2.52. The van der Waals surface area contributed by atoms with Crippen LogP contribution in [0.1, 0.15) is 11.1 Å². The van der Waals surface area contributed by atoms with Crippen molar-refractivity contribution in [1.82, 2.24) is 4.31 Å². The quantitative estimate of drug-likeness (QED) is 0.346. The number of benzene rings is 3. The number of ether oxygens (including phenoxy) is 1. The molecule has 3 aromatic rings. The van der Waals surface area contributed by atoms with Gasteiger partial charge in [-0.1, -0.05) is 36.4 Å². The molecule has 3 rings (SSSR count). The summed E-state index contributed by atoms with van der Waals surface area (Å²) >= 11 is 0. The van der Waals surface area contributed by atoms with Gasteiger partial charge in [0.05, 0.1) is 23.5 Å². The van der Waals surface area contributed by atoms with Crippen LogP contribution in [-0.4, -0.2) is 43.8 Å². The highest BCUT2D eigenvalue weighted by molar-refractivity contribution is 7.89. The molecule has 0 unspecified atom stereocenters. The van der Waals surface area contributed by atoms with Crippen molar-refractivity contribution < 1.29 is 22.9 Å². The number of hydrogen-bond acceptors (Lipinski definition) is 6. The molecule has 1 N–H and O–H groups in total. The molecule has 0 radical (unpaired) electrons. The molecule has 9 nitrogen and oxygen atoms in total. The van der Waals surface area contributed by atoms with Crippen LogP contribution in [-0.2, 0) is 21.2 Å². The highest BCUT2D eigenvalue weighted by Gasteiger charge is 2.27. The van der Waals surface area contributed by atoms with E-state index in [2.05, 4.69) is 5.32 Å². The van der Waals surface area contributed by atoms with Crippen LogP contribution in [0.5, 0.6) is 5.75 Å². The number of carbonyl (C=O) groups is 1. The highest BCUT2D eigenvalue weighted by Crippen LogP contribution is 2.24. The van der Waals surface area contributed by atoms with Gasteiger partial charge in [0.1, 0.15) is 5.75 Å².